The molecule has 1 fully saturated rings. The Hall–Kier alpha value is -0.730. The van der Waals surface area contributed by atoms with E-state index in [2.05, 4.69) is 31.0 Å². The number of hydrogen-bond acceptors (Lipinski definition) is 2. The van der Waals surface area contributed by atoms with Crippen molar-refractivity contribution in [1.29, 1.82) is 0 Å². The number of aromatic hydroxyl groups is 1. The number of aryl methyl sites for hydroxylation is 1. The van der Waals surface area contributed by atoms with Crippen LogP contribution in [0.3, 0.4) is 0 Å². The van der Waals surface area contributed by atoms with Crippen molar-refractivity contribution in [3.8, 4) is 5.75 Å². The van der Waals surface area contributed by atoms with Crippen LogP contribution in [0.4, 0.5) is 0 Å². The van der Waals surface area contributed by atoms with Crippen LogP contribution in [0.25, 0.3) is 0 Å². The summed E-state index contributed by atoms with van der Waals surface area (Å²) in [5.41, 5.74) is 3.20. The second kappa shape index (κ2) is 5.95. The molecule has 3 heteroatoms. The van der Waals surface area contributed by atoms with Gasteiger partial charge in [0.25, 0.3) is 0 Å². The van der Waals surface area contributed by atoms with Gasteiger partial charge in [-0.2, -0.15) is 0 Å². The Morgan fingerprint density at radius 1 is 1.40 bits per heavy atom. The number of phenols is 1. The number of likely N-dealkylation sites (tertiary alicyclic amines) is 1. The highest BCUT2D eigenvalue weighted by molar-refractivity contribution is 5.85. The second-order valence-electron chi connectivity index (χ2n) is 6.39. The van der Waals surface area contributed by atoms with Crippen molar-refractivity contribution in [2.45, 2.75) is 56.9 Å². The highest BCUT2D eigenvalue weighted by Gasteiger charge is 2.46. The zero-order chi connectivity index (χ0) is 13.5. The molecule has 2 aliphatic rings. The summed E-state index contributed by atoms with van der Waals surface area (Å²) in [6, 6.07) is 6.71. The van der Waals surface area contributed by atoms with E-state index >= 15 is 0 Å². The average molecular weight is 296 g/mol. The lowest BCUT2D eigenvalue weighted by Crippen LogP contribution is -2.55. The van der Waals surface area contributed by atoms with Gasteiger partial charge in [0.15, 0.2) is 0 Å². The van der Waals surface area contributed by atoms with E-state index in [-0.39, 0.29) is 17.8 Å². The summed E-state index contributed by atoms with van der Waals surface area (Å²) in [5.74, 6) is 0.433. The van der Waals surface area contributed by atoms with Gasteiger partial charge in [0.05, 0.1) is 0 Å². The predicted molar refractivity (Wildman–Crippen MR) is 85.9 cm³/mol. The summed E-state index contributed by atoms with van der Waals surface area (Å²) in [5, 5.41) is 9.91. The van der Waals surface area contributed by atoms with E-state index in [9.17, 15) is 5.11 Å². The van der Waals surface area contributed by atoms with Crippen LogP contribution in [0.2, 0.25) is 0 Å². The Morgan fingerprint density at radius 3 is 2.95 bits per heavy atom. The molecule has 1 aromatic rings. The first-order chi connectivity index (χ1) is 9.17. The third-order valence-electron chi connectivity index (χ3n) is 5.32. The first-order valence-electron chi connectivity index (χ1n) is 7.70. The third-order valence-corrected chi connectivity index (χ3v) is 5.32. The fourth-order valence-corrected chi connectivity index (χ4v) is 4.61. The number of nitrogens with zero attached hydrogens (tertiary/aromatic N) is 1. The highest BCUT2D eigenvalue weighted by Crippen LogP contribution is 2.49. The SMILES string of the molecule is CCC[C@]12CCCN(C)[C@@H]1CCc1ccc(O)cc12.Cl. The molecule has 0 unspecified atom stereocenters. The lowest BCUT2D eigenvalue weighted by molar-refractivity contribution is 0.0669. The molecule has 0 saturated carbocycles. The normalized spacial score (nSPS) is 29.2. The first kappa shape index (κ1) is 15.7. The Kier molecular flexibility index (Phi) is 4.66. The molecule has 1 aliphatic carbocycles. The molecule has 1 heterocycles. The van der Waals surface area contributed by atoms with Crippen molar-refractivity contribution in [1.82, 2.24) is 4.90 Å². The molecule has 3 rings (SSSR count). The highest BCUT2D eigenvalue weighted by atomic mass is 35.5. The summed E-state index contributed by atoms with van der Waals surface area (Å²) in [7, 11) is 2.28. The van der Waals surface area contributed by atoms with Gasteiger partial charge in [0.1, 0.15) is 5.75 Å². The lowest BCUT2D eigenvalue weighted by atomic mass is 9.60. The van der Waals surface area contributed by atoms with Crippen LogP contribution < -0.4 is 0 Å². The van der Waals surface area contributed by atoms with E-state index in [1.807, 2.05) is 6.07 Å². The van der Waals surface area contributed by atoms with E-state index in [4.69, 9.17) is 0 Å². The van der Waals surface area contributed by atoms with Gasteiger partial charge in [-0.25, -0.2) is 0 Å². The molecular weight excluding hydrogens is 270 g/mol. The quantitative estimate of drug-likeness (QED) is 0.895. The lowest BCUT2D eigenvalue weighted by Gasteiger charge is -2.53. The van der Waals surface area contributed by atoms with Crippen LogP contribution in [-0.2, 0) is 11.8 Å². The minimum absolute atomic E-state index is 0. The second-order valence-corrected chi connectivity index (χ2v) is 6.39. The molecule has 112 valence electrons. The number of likely N-dealkylation sites (N-methyl/N-ethyl adjacent to an activating group) is 1. The van der Waals surface area contributed by atoms with Crippen molar-refractivity contribution in [2.75, 3.05) is 13.6 Å². The zero-order valence-corrected chi connectivity index (χ0v) is 13.4. The van der Waals surface area contributed by atoms with Crippen LogP contribution in [0.1, 0.15) is 50.2 Å². The number of hydrogen-bond donors (Lipinski definition) is 1. The summed E-state index contributed by atoms with van der Waals surface area (Å²) in [4.78, 5) is 2.56. The fraction of sp³-hybridized carbons (Fsp3) is 0.647. The van der Waals surface area contributed by atoms with Gasteiger partial charge in [0.2, 0.25) is 0 Å². The maximum atomic E-state index is 9.91. The summed E-state index contributed by atoms with van der Waals surface area (Å²) >= 11 is 0. The van der Waals surface area contributed by atoms with E-state index in [0.717, 1.165) is 6.42 Å². The molecule has 0 bridgehead atoms. The van der Waals surface area contributed by atoms with Gasteiger partial charge < -0.3 is 10.0 Å². The minimum atomic E-state index is 0. The average Bonchev–Trinajstić information content (AvgIpc) is 2.39. The van der Waals surface area contributed by atoms with Crippen molar-refractivity contribution >= 4 is 12.4 Å². The van der Waals surface area contributed by atoms with Crippen LogP contribution in [-0.4, -0.2) is 29.6 Å². The smallest absolute Gasteiger partial charge is 0.115 e. The monoisotopic (exact) mass is 295 g/mol. The van der Waals surface area contributed by atoms with E-state index in [0.29, 0.717) is 11.8 Å². The van der Waals surface area contributed by atoms with E-state index < -0.39 is 0 Å². The predicted octanol–water partition coefficient (Wildman–Crippen LogP) is 3.89. The number of phenolic OH excluding ortho intramolecular Hbond substituents is 1. The van der Waals surface area contributed by atoms with E-state index in [1.165, 1.54) is 49.8 Å². The number of benzene rings is 1. The molecule has 0 radical (unpaired) electrons. The van der Waals surface area contributed by atoms with Gasteiger partial charge in [-0.15, -0.1) is 12.4 Å². The van der Waals surface area contributed by atoms with Gasteiger partial charge >= 0.3 is 0 Å². The molecular formula is C17H26ClNO. The van der Waals surface area contributed by atoms with Crippen LogP contribution >= 0.6 is 12.4 Å². The van der Waals surface area contributed by atoms with Crippen LogP contribution in [0.5, 0.6) is 5.75 Å². The van der Waals surface area contributed by atoms with E-state index in [1.54, 1.807) is 0 Å². The van der Waals surface area contributed by atoms with Gasteiger partial charge in [-0.1, -0.05) is 19.4 Å². The molecule has 1 saturated heterocycles. The molecule has 2 nitrogen and oxygen atoms in total. The Bertz CT molecular complexity index is 472. The molecule has 1 aromatic carbocycles. The fourth-order valence-electron chi connectivity index (χ4n) is 4.61. The van der Waals surface area contributed by atoms with Crippen LogP contribution in [0, 0.1) is 0 Å². The molecule has 0 aromatic heterocycles. The summed E-state index contributed by atoms with van der Waals surface area (Å²) in [6.07, 6.45) is 7.47. The molecule has 2 atom stereocenters. The summed E-state index contributed by atoms with van der Waals surface area (Å²) < 4.78 is 0. The Labute approximate surface area is 128 Å². The Morgan fingerprint density at radius 2 is 2.20 bits per heavy atom. The van der Waals surface area contributed by atoms with Crippen molar-refractivity contribution in [2.24, 2.45) is 0 Å². The largest absolute Gasteiger partial charge is 0.508 e. The van der Waals surface area contributed by atoms with Crippen molar-refractivity contribution in [3.63, 3.8) is 0 Å². The molecule has 0 amide bonds. The maximum Gasteiger partial charge on any atom is 0.115 e. The number of rotatable bonds is 2. The van der Waals surface area contributed by atoms with Gasteiger partial charge in [-0.05, 0) is 69.0 Å². The number of fused-ring (bicyclic) bond motifs is 3. The topological polar surface area (TPSA) is 23.5 Å². The summed E-state index contributed by atoms with van der Waals surface area (Å²) in [6.45, 7) is 3.52. The van der Waals surface area contributed by atoms with Gasteiger partial charge in [-0.3, -0.25) is 0 Å². The maximum absolute atomic E-state index is 9.91. The molecule has 20 heavy (non-hydrogen) atoms. The molecule has 1 aliphatic heterocycles. The number of halogens is 1. The molecule has 0 spiro atoms. The first-order valence-corrected chi connectivity index (χ1v) is 7.70. The minimum Gasteiger partial charge on any atom is -0.508 e. The Balaban J connectivity index is 0.00000147. The van der Waals surface area contributed by atoms with Crippen molar-refractivity contribution < 1.29 is 5.11 Å². The number of piperidine rings is 1. The third kappa shape index (κ3) is 2.33. The van der Waals surface area contributed by atoms with Gasteiger partial charge in [0, 0.05) is 11.5 Å². The standard InChI is InChI=1S/C17H25NO.ClH/c1-3-9-17-10-4-11-18(2)16(17)8-6-13-5-7-14(19)12-15(13)17;/h5,7,12,16,19H,3-4,6,8-11H2,1-2H3;1H/t16-,17-;/m1./s1. The zero-order valence-electron chi connectivity index (χ0n) is 12.6. The molecule has 1 N–H and O–H groups in total. The van der Waals surface area contributed by atoms with Crippen LogP contribution in [0.15, 0.2) is 18.2 Å². The van der Waals surface area contributed by atoms with Crippen molar-refractivity contribution in [3.05, 3.63) is 29.3 Å².